The molecule has 2 atom stereocenters. The molecule has 0 spiro atoms. The standard InChI is InChI=1S/C16H23ClN2O2.ClH/c1-3-9-21-15-7-6-12(17)10-13(15)16(20)19-14-5-4-8-18-11(14)2;/h6-7,10-11,14,18H,3-5,8-9H2,1-2H3,(H,19,20);1H. The van der Waals surface area contributed by atoms with Crippen LogP contribution in [-0.2, 0) is 0 Å². The Bertz CT molecular complexity index is 497. The molecule has 0 saturated carbocycles. The van der Waals surface area contributed by atoms with Gasteiger partial charge in [-0.3, -0.25) is 4.79 Å². The fourth-order valence-electron chi connectivity index (χ4n) is 2.50. The Morgan fingerprint density at radius 3 is 2.95 bits per heavy atom. The average Bonchev–Trinajstić information content (AvgIpc) is 2.48. The molecule has 0 aliphatic carbocycles. The summed E-state index contributed by atoms with van der Waals surface area (Å²) in [7, 11) is 0. The number of ether oxygens (including phenoxy) is 1. The van der Waals surface area contributed by atoms with Gasteiger partial charge in [-0.15, -0.1) is 12.4 Å². The summed E-state index contributed by atoms with van der Waals surface area (Å²) in [5.74, 6) is 0.472. The van der Waals surface area contributed by atoms with Gasteiger partial charge in [-0.25, -0.2) is 0 Å². The second-order valence-electron chi connectivity index (χ2n) is 5.45. The van der Waals surface area contributed by atoms with Crippen LogP contribution in [0.2, 0.25) is 5.02 Å². The summed E-state index contributed by atoms with van der Waals surface area (Å²) >= 11 is 6.02. The first-order valence-electron chi connectivity index (χ1n) is 7.58. The Hall–Kier alpha value is -0.970. The smallest absolute Gasteiger partial charge is 0.255 e. The quantitative estimate of drug-likeness (QED) is 0.858. The number of halogens is 2. The molecule has 2 N–H and O–H groups in total. The third-order valence-electron chi connectivity index (χ3n) is 3.73. The van der Waals surface area contributed by atoms with Gasteiger partial charge in [0.05, 0.1) is 12.2 Å². The number of amides is 1. The first kappa shape index (κ1) is 19.1. The maximum atomic E-state index is 12.5. The molecule has 1 fully saturated rings. The molecule has 1 aliphatic heterocycles. The number of benzene rings is 1. The molecule has 1 heterocycles. The second-order valence-corrected chi connectivity index (χ2v) is 5.89. The maximum absolute atomic E-state index is 12.5. The van der Waals surface area contributed by atoms with Crippen molar-refractivity contribution in [2.75, 3.05) is 13.2 Å². The molecule has 0 aromatic heterocycles. The summed E-state index contributed by atoms with van der Waals surface area (Å²) in [6, 6.07) is 5.60. The minimum atomic E-state index is -0.121. The van der Waals surface area contributed by atoms with Crippen LogP contribution in [0.3, 0.4) is 0 Å². The first-order chi connectivity index (χ1) is 10.1. The highest BCUT2D eigenvalue weighted by atomic mass is 35.5. The predicted octanol–water partition coefficient (Wildman–Crippen LogP) is 3.42. The summed E-state index contributed by atoms with van der Waals surface area (Å²) in [6.07, 6.45) is 2.96. The summed E-state index contributed by atoms with van der Waals surface area (Å²) in [5.41, 5.74) is 0.508. The molecule has 0 radical (unpaired) electrons. The van der Waals surface area contributed by atoms with E-state index in [2.05, 4.69) is 17.6 Å². The van der Waals surface area contributed by atoms with Crippen molar-refractivity contribution in [3.8, 4) is 5.75 Å². The monoisotopic (exact) mass is 346 g/mol. The highest BCUT2D eigenvalue weighted by molar-refractivity contribution is 6.31. The van der Waals surface area contributed by atoms with E-state index in [0.29, 0.717) is 22.9 Å². The molecule has 124 valence electrons. The zero-order chi connectivity index (χ0) is 15.2. The van der Waals surface area contributed by atoms with Crippen LogP contribution in [0.25, 0.3) is 0 Å². The van der Waals surface area contributed by atoms with Gasteiger partial charge in [0.2, 0.25) is 0 Å². The Morgan fingerprint density at radius 1 is 1.50 bits per heavy atom. The summed E-state index contributed by atoms with van der Waals surface area (Å²) in [5, 5.41) is 7.01. The highest BCUT2D eigenvalue weighted by Crippen LogP contribution is 2.23. The Kier molecular flexibility index (Phi) is 8.01. The lowest BCUT2D eigenvalue weighted by atomic mass is 9.99. The van der Waals surface area contributed by atoms with Gasteiger partial charge in [0, 0.05) is 17.1 Å². The van der Waals surface area contributed by atoms with E-state index in [0.717, 1.165) is 25.8 Å². The van der Waals surface area contributed by atoms with Crippen molar-refractivity contribution in [2.24, 2.45) is 0 Å². The molecule has 1 aliphatic rings. The van der Waals surface area contributed by atoms with Crippen LogP contribution < -0.4 is 15.4 Å². The lowest BCUT2D eigenvalue weighted by Crippen LogP contribution is -2.51. The van der Waals surface area contributed by atoms with Gasteiger partial charge in [-0.05, 0) is 50.9 Å². The van der Waals surface area contributed by atoms with E-state index in [9.17, 15) is 4.79 Å². The largest absolute Gasteiger partial charge is 0.493 e. The molecule has 0 bridgehead atoms. The van der Waals surface area contributed by atoms with E-state index < -0.39 is 0 Å². The number of hydrogen-bond acceptors (Lipinski definition) is 3. The fraction of sp³-hybridized carbons (Fsp3) is 0.562. The van der Waals surface area contributed by atoms with Crippen molar-refractivity contribution in [3.63, 3.8) is 0 Å². The van der Waals surface area contributed by atoms with Crippen LogP contribution in [-0.4, -0.2) is 31.1 Å². The number of nitrogens with one attached hydrogen (secondary N) is 2. The topological polar surface area (TPSA) is 50.4 Å². The minimum absolute atomic E-state index is 0. The summed E-state index contributed by atoms with van der Waals surface area (Å²) < 4.78 is 5.64. The SMILES string of the molecule is CCCOc1ccc(Cl)cc1C(=O)NC1CCCNC1C.Cl. The fourth-order valence-corrected chi connectivity index (χ4v) is 2.68. The molecule has 1 saturated heterocycles. The number of carbonyl (C=O) groups excluding carboxylic acids is 1. The Labute approximate surface area is 143 Å². The molecule has 1 aromatic carbocycles. The average molecular weight is 347 g/mol. The zero-order valence-corrected chi connectivity index (χ0v) is 14.6. The van der Waals surface area contributed by atoms with Crippen LogP contribution in [0.4, 0.5) is 0 Å². The lowest BCUT2D eigenvalue weighted by Gasteiger charge is -2.30. The minimum Gasteiger partial charge on any atom is -0.493 e. The highest BCUT2D eigenvalue weighted by Gasteiger charge is 2.24. The third-order valence-corrected chi connectivity index (χ3v) is 3.96. The number of piperidine rings is 1. The Balaban J connectivity index is 0.00000242. The summed E-state index contributed by atoms with van der Waals surface area (Å²) in [4.78, 5) is 12.5. The van der Waals surface area contributed by atoms with Gasteiger partial charge in [-0.2, -0.15) is 0 Å². The maximum Gasteiger partial charge on any atom is 0.255 e. The first-order valence-corrected chi connectivity index (χ1v) is 7.96. The van der Waals surface area contributed by atoms with Gasteiger partial charge in [0.1, 0.15) is 5.75 Å². The van der Waals surface area contributed by atoms with Crippen molar-refractivity contribution in [2.45, 2.75) is 45.2 Å². The van der Waals surface area contributed by atoms with Crippen molar-refractivity contribution >= 4 is 29.9 Å². The Morgan fingerprint density at radius 2 is 2.27 bits per heavy atom. The third kappa shape index (κ3) is 5.04. The van der Waals surface area contributed by atoms with Crippen LogP contribution in [0.1, 0.15) is 43.5 Å². The zero-order valence-electron chi connectivity index (χ0n) is 13.0. The van der Waals surface area contributed by atoms with Crippen molar-refractivity contribution < 1.29 is 9.53 Å². The summed E-state index contributed by atoms with van der Waals surface area (Å²) in [6.45, 7) is 5.72. The van der Waals surface area contributed by atoms with Crippen molar-refractivity contribution in [1.29, 1.82) is 0 Å². The lowest BCUT2D eigenvalue weighted by molar-refractivity contribution is 0.0915. The van der Waals surface area contributed by atoms with E-state index in [1.165, 1.54) is 0 Å². The second kappa shape index (κ2) is 9.23. The van der Waals surface area contributed by atoms with Gasteiger partial charge >= 0.3 is 0 Å². The van der Waals surface area contributed by atoms with E-state index in [1.54, 1.807) is 18.2 Å². The normalized spacial score (nSPS) is 20.9. The van der Waals surface area contributed by atoms with Gasteiger partial charge in [0.25, 0.3) is 5.91 Å². The van der Waals surface area contributed by atoms with Gasteiger partial charge in [0.15, 0.2) is 0 Å². The van der Waals surface area contributed by atoms with Crippen LogP contribution in [0.5, 0.6) is 5.75 Å². The molecule has 6 heteroatoms. The number of rotatable bonds is 5. The number of hydrogen-bond donors (Lipinski definition) is 2. The molecule has 2 unspecified atom stereocenters. The van der Waals surface area contributed by atoms with E-state index in [-0.39, 0.29) is 30.4 Å². The van der Waals surface area contributed by atoms with Gasteiger partial charge < -0.3 is 15.4 Å². The van der Waals surface area contributed by atoms with E-state index in [1.807, 2.05) is 6.92 Å². The molecule has 1 aromatic rings. The molecular weight excluding hydrogens is 323 g/mol. The van der Waals surface area contributed by atoms with Crippen LogP contribution in [0.15, 0.2) is 18.2 Å². The van der Waals surface area contributed by atoms with E-state index >= 15 is 0 Å². The van der Waals surface area contributed by atoms with Crippen molar-refractivity contribution in [1.82, 2.24) is 10.6 Å². The predicted molar refractivity (Wildman–Crippen MR) is 92.4 cm³/mol. The van der Waals surface area contributed by atoms with Crippen LogP contribution >= 0.6 is 24.0 Å². The molecule has 22 heavy (non-hydrogen) atoms. The molecular formula is C16H24Cl2N2O2. The molecule has 1 amide bonds. The molecule has 2 rings (SSSR count). The van der Waals surface area contributed by atoms with Gasteiger partial charge in [-0.1, -0.05) is 18.5 Å². The van der Waals surface area contributed by atoms with E-state index in [4.69, 9.17) is 16.3 Å². The molecule has 4 nitrogen and oxygen atoms in total. The van der Waals surface area contributed by atoms with Crippen molar-refractivity contribution in [3.05, 3.63) is 28.8 Å². The number of carbonyl (C=O) groups is 1. The van der Waals surface area contributed by atoms with Crippen LogP contribution in [0, 0.1) is 0 Å².